The van der Waals surface area contributed by atoms with Crippen LogP contribution in [0, 0.1) is 0 Å². The number of benzene rings is 1. The Balaban J connectivity index is 1.59. The lowest BCUT2D eigenvalue weighted by molar-refractivity contribution is 0.118. The Labute approximate surface area is 133 Å². The van der Waals surface area contributed by atoms with Crippen LogP contribution in [0.5, 0.6) is 5.75 Å². The molecule has 0 atom stereocenters. The maximum atomic E-state index is 11.9. The Bertz CT molecular complexity index is 861. The summed E-state index contributed by atoms with van der Waals surface area (Å²) in [6, 6.07) is 11.3. The van der Waals surface area contributed by atoms with Gasteiger partial charge in [0.15, 0.2) is 5.65 Å². The first kappa shape index (κ1) is 15.2. The van der Waals surface area contributed by atoms with Crippen LogP contribution < -0.4 is 10.3 Å². The molecule has 0 aliphatic heterocycles. The number of nitrogens with one attached hydrogen (secondary N) is 1. The highest BCUT2D eigenvalue weighted by atomic mass is 16.5. The smallest absolute Gasteiger partial charge is 0.260 e. The van der Waals surface area contributed by atoms with Crippen LogP contribution in [0.3, 0.4) is 0 Å². The van der Waals surface area contributed by atoms with Crippen LogP contribution >= 0.6 is 0 Å². The second-order valence-electron chi connectivity index (χ2n) is 5.04. The Morgan fingerprint density at radius 3 is 3.00 bits per heavy atom. The maximum absolute atomic E-state index is 11.9. The molecule has 0 amide bonds. The normalized spacial score (nSPS) is 10.8. The fourth-order valence-electron chi connectivity index (χ4n) is 2.27. The number of hydrogen-bond donors (Lipinski definition) is 1. The van der Waals surface area contributed by atoms with Crippen LogP contribution in [-0.4, -0.2) is 28.7 Å². The van der Waals surface area contributed by atoms with E-state index < -0.39 is 0 Å². The number of nitrogens with zero attached hydrogens (tertiary/aromatic N) is 2. The van der Waals surface area contributed by atoms with Crippen molar-refractivity contribution < 1.29 is 9.47 Å². The number of hydrogen-bond acceptors (Lipinski definition) is 5. The van der Waals surface area contributed by atoms with Crippen LogP contribution in [-0.2, 0) is 17.8 Å². The highest BCUT2D eigenvalue weighted by Gasteiger charge is 2.04. The minimum atomic E-state index is -0.200. The van der Waals surface area contributed by atoms with Gasteiger partial charge in [-0.3, -0.25) is 4.79 Å². The van der Waals surface area contributed by atoms with Gasteiger partial charge in [-0.15, -0.1) is 0 Å². The molecular weight excluding hydrogens is 294 g/mol. The van der Waals surface area contributed by atoms with Gasteiger partial charge in [-0.2, -0.15) is 0 Å². The lowest BCUT2D eigenvalue weighted by Crippen LogP contribution is -2.13. The first-order valence-corrected chi connectivity index (χ1v) is 7.31. The molecule has 0 bridgehead atoms. The number of fused-ring (bicyclic) bond motifs is 1. The van der Waals surface area contributed by atoms with Gasteiger partial charge in [0.2, 0.25) is 0 Å². The van der Waals surface area contributed by atoms with Crippen molar-refractivity contribution in [3.63, 3.8) is 0 Å². The fraction of sp³-hybridized carbons (Fsp3) is 0.235. The highest BCUT2D eigenvalue weighted by molar-refractivity contribution is 5.72. The van der Waals surface area contributed by atoms with Gasteiger partial charge >= 0.3 is 0 Å². The lowest BCUT2D eigenvalue weighted by atomic mass is 10.1. The molecule has 6 heteroatoms. The molecule has 0 spiro atoms. The standard InChI is InChI=1S/C17H17N3O3/c1-22-13-5-2-4-12(10-13)7-9-23-11-15-19-16-14(17(21)20-15)6-3-8-18-16/h2-6,8,10H,7,9,11H2,1H3,(H,18,19,20,21). The number of ether oxygens (including phenoxy) is 2. The summed E-state index contributed by atoms with van der Waals surface area (Å²) < 4.78 is 10.8. The molecule has 0 unspecified atom stereocenters. The van der Waals surface area contributed by atoms with Crippen molar-refractivity contribution in [3.05, 3.63) is 64.3 Å². The SMILES string of the molecule is COc1cccc(CCOCc2nc3ncccc3c(=O)[nH]2)c1. The van der Waals surface area contributed by atoms with Gasteiger partial charge < -0.3 is 14.5 Å². The van der Waals surface area contributed by atoms with Crippen LogP contribution in [0.4, 0.5) is 0 Å². The highest BCUT2D eigenvalue weighted by Crippen LogP contribution is 2.13. The third kappa shape index (κ3) is 3.73. The second-order valence-corrected chi connectivity index (χ2v) is 5.04. The predicted octanol–water partition coefficient (Wildman–Crippen LogP) is 2.09. The van der Waals surface area contributed by atoms with E-state index in [2.05, 4.69) is 15.0 Å². The van der Waals surface area contributed by atoms with Crippen LogP contribution in [0.2, 0.25) is 0 Å². The Hall–Kier alpha value is -2.73. The molecule has 3 rings (SSSR count). The zero-order valence-electron chi connectivity index (χ0n) is 12.8. The lowest BCUT2D eigenvalue weighted by Gasteiger charge is -2.06. The van der Waals surface area contributed by atoms with Crippen molar-refractivity contribution in [1.29, 1.82) is 0 Å². The third-order valence-electron chi connectivity index (χ3n) is 3.44. The topological polar surface area (TPSA) is 77.1 Å². The first-order valence-electron chi connectivity index (χ1n) is 7.31. The number of methoxy groups -OCH3 is 1. The third-order valence-corrected chi connectivity index (χ3v) is 3.44. The van der Waals surface area contributed by atoms with Gasteiger partial charge in [0.05, 0.1) is 19.1 Å². The van der Waals surface area contributed by atoms with Crippen molar-refractivity contribution in [1.82, 2.24) is 15.0 Å². The molecule has 23 heavy (non-hydrogen) atoms. The van der Waals surface area contributed by atoms with Crippen molar-refractivity contribution in [3.8, 4) is 5.75 Å². The molecule has 1 aromatic carbocycles. The number of aromatic nitrogens is 3. The van der Waals surface area contributed by atoms with E-state index in [1.54, 1.807) is 25.4 Å². The summed E-state index contributed by atoms with van der Waals surface area (Å²) in [4.78, 5) is 23.0. The van der Waals surface area contributed by atoms with E-state index in [9.17, 15) is 4.79 Å². The molecule has 0 saturated carbocycles. The minimum Gasteiger partial charge on any atom is -0.497 e. The first-order chi connectivity index (χ1) is 11.3. The predicted molar refractivity (Wildman–Crippen MR) is 86.5 cm³/mol. The summed E-state index contributed by atoms with van der Waals surface area (Å²) in [6.07, 6.45) is 2.37. The Morgan fingerprint density at radius 1 is 1.22 bits per heavy atom. The number of H-pyrrole nitrogens is 1. The summed E-state index contributed by atoms with van der Waals surface area (Å²) in [7, 11) is 1.64. The molecule has 0 fully saturated rings. The zero-order valence-corrected chi connectivity index (χ0v) is 12.8. The number of pyridine rings is 1. The van der Waals surface area contributed by atoms with Gasteiger partial charge in [0.1, 0.15) is 18.2 Å². The molecule has 2 aromatic heterocycles. The summed E-state index contributed by atoms with van der Waals surface area (Å²) in [5.41, 5.74) is 1.36. The summed E-state index contributed by atoms with van der Waals surface area (Å²) in [5.74, 6) is 1.31. The molecule has 1 N–H and O–H groups in total. The second kappa shape index (κ2) is 7.02. The van der Waals surface area contributed by atoms with Crippen LogP contribution in [0.25, 0.3) is 11.0 Å². The van der Waals surface area contributed by atoms with Crippen molar-refractivity contribution in [2.45, 2.75) is 13.0 Å². The van der Waals surface area contributed by atoms with Crippen molar-refractivity contribution in [2.75, 3.05) is 13.7 Å². The molecule has 0 aliphatic carbocycles. The Morgan fingerprint density at radius 2 is 2.13 bits per heavy atom. The average molecular weight is 311 g/mol. The van der Waals surface area contributed by atoms with Gasteiger partial charge in [-0.1, -0.05) is 12.1 Å². The number of rotatable bonds is 6. The quantitative estimate of drug-likeness (QED) is 0.705. The summed E-state index contributed by atoms with van der Waals surface area (Å²) >= 11 is 0. The molecule has 0 radical (unpaired) electrons. The number of aromatic amines is 1. The maximum Gasteiger partial charge on any atom is 0.260 e. The van der Waals surface area contributed by atoms with Gasteiger partial charge in [-0.05, 0) is 36.2 Å². The van der Waals surface area contributed by atoms with E-state index in [1.807, 2.05) is 24.3 Å². The minimum absolute atomic E-state index is 0.200. The molecule has 6 nitrogen and oxygen atoms in total. The molecule has 2 heterocycles. The van der Waals surface area contributed by atoms with E-state index in [-0.39, 0.29) is 12.2 Å². The zero-order chi connectivity index (χ0) is 16.1. The van der Waals surface area contributed by atoms with E-state index in [0.29, 0.717) is 23.5 Å². The van der Waals surface area contributed by atoms with E-state index >= 15 is 0 Å². The monoisotopic (exact) mass is 311 g/mol. The van der Waals surface area contributed by atoms with Gasteiger partial charge in [-0.25, -0.2) is 9.97 Å². The molecular formula is C17H17N3O3. The average Bonchev–Trinajstić information content (AvgIpc) is 2.59. The summed E-state index contributed by atoms with van der Waals surface area (Å²) in [6.45, 7) is 0.767. The molecule has 3 aromatic rings. The van der Waals surface area contributed by atoms with Crippen molar-refractivity contribution >= 4 is 11.0 Å². The van der Waals surface area contributed by atoms with Crippen molar-refractivity contribution in [2.24, 2.45) is 0 Å². The largest absolute Gasteiger partial charge is 0.497 e. The van der Waals surface area contributed by atoms with E-state index in [1.165, 1.54) is 0 Å². The fourth-order valence-corrected chi connectivity index (χ4v) is 2.27. The van der Waals surface area contributed by atoms with E-state index in [4.69, 9.17) is 9.47 Å². The Kier molecular flexibility index (Phi) is 4.63. The molecule has 0 aliphatic rings. The van der Waals surface area contributed by atoms with E-state index in [0.717, 1.165) is 17.7 Å². The molecule has 0 saturated heterocycles. The molecule has 118 valence electrons. The van der Waals surface area contributed by atoms with Crippen LogP contribution in [0.15, 0.2) is 47.4 Å². The van der Waals surface area contributed by atoms with Gasteiger partial charge in [0, 0.05) is 6.20 Å². The summed E-state index contributed by atoms with van der Waals surface area (Å²) in [5, 5.41) is 0.479. The van der Waals surface area contributed by atoms with Crippen LogP contribution in [0.1, 0.15) is 11.4 Å². The van der Waals surface area contributed by atoms with Gasteiger partial charge in [0.25, 0.3) is 5.56 Å².